The van der Waals surface area contributed by atoms with E-state index >= 15 is 0 Å². The van der Waals surface area contributed by atoms with Crippen molar-refractivity contribution in [2.45, 2.75) is 6.54 Å². The lowest BCUT2D eigenvalue weighted by Crippen LogP contribution is -2.46. The average Bonchev–Trinajstić information content (AvgIpc) is 2.75. The zero-order valence-electron chi connectivity index (χ0n) is 15.5. The molecular formula is C19H21N3O5S. The van der Waals surface area contributed by atoms with Gasteiger partial charge in [0.2, 0.25) is 5.75 Å². The van der Waals surface area contributed by atoms with Crippen molar-refractivity contribution in [2.75, 3.05) is 27.4 Å². The lowest BCUT2D eigenvalue weighted by molar-refractivity contribution is 0.0941. The van der Waals surface area contributed by atoms with Crippen LogP contribution < -0.4 is 35.1 Å². The molecule has 0 aromatic heterocycles. The quantitative estimate of drug-likeness (QED) is 0.514. The Kier molecular flexibility index (Phi) is 6.38. The van der Waals surface area contributed by atoms with Crippen molar-refractivity contribution >= 4 is 23.2 Å². The Balaban J connectivity index is 1.53. The highest BCUT2D eigenvalue weighted by Crippen LogP contribution is 2.40. The van der Waals surface area contributed by atoms with Crippen molar-refractivity contribution in [1.29, 1.82) is 0 Å². The highest BCUT2D eigenvalue weighted by molar-refractivity contribution is 7.80. The Morgan fingerprint density at radius 2 is 1.82 bits per heavy atom. The maximum atomic E-state index is 12.4. The molecule has 0 aliphatic carbocycles. The summed E-state index contributed by atoms with van der Waals surface area (Å²) >= 11 is 5.19. The zero-order valence-corrected chi connectivity index (χ0v) is 16.4. The molecule has 0 saturated heterocycles. The van der Waals surface area contributed by atoms with Gasteiger partial charge in [0.25, 0.3) is 5.91 Å². The number of thiocarbonyl (C=S) groups is 1. The van der Waals surface area contributed by atoms with E-state index in [1.807, 2.05) is 24.3 Å². The van der Waals surface area contributed by atoms with E-state index in [1.165, 1.54) is 7.11 Å². The number of ether oxygens (including phenoxy) is 4. The minimum Gasteiger partial charge on any atom is -0.497 e. The number of amides is 1. The topological polar surface area (TPSA) is 90.1 Å². The monoisotopic (exact) mass is 403 g/mol. The smallest absolute Gasteiger partial charge is 0.269 e. The van der Waals surface area contributed by atoms with Gasteiger partial charge in [-0.3, -0.25) is 15.6 Å². The van der Waals surface area contributed by atoms with E-state index < -0.39 is 0 Å². The van der Waals surface area contributed by atoms with E-state index in [4.69, 9.17) is 31.2 Å². The number of rotatable bonds is 5. The highest BCUT2D eigenvalue weighted by Gasteiger charge is 2.20. The van der Waals surface area contributed by atoms with E-state index in [0.29, 0.717) is 42.6 Å². The van der Waals surface area contributed by atoms with Crippen molar-refractivity contribution in [3.63, 3.8) is 0 Å². The summed E-state index contributed by atoms with van der Waals surface area (Å²) in [5.74, 6) is 1.80. The van der Waals surface area contributed by atoms with Crippen LogP contribution in [-0.2, 0) is 6.54 Å². The van der Waals surface area contributed by atoms with Crippen LogP contribution in [0.3, 0.4) is 0 Å². The van der Waals surface area contributed by atoms with E-state index in [9.17, 15) is 4.79 Å². The van der Waals surface area contributed by atoms with Gasteiger partial charge < -0.3 is 24.3 Å². The minimum atomic E-state index is -0.385. The maximum Gasteiger partial charge on any atom is 0.269 e. The SMILES string of the molecule is COc1ccc(CNC(=S)NNC(=O)c2cc(OC)c3c(c2)OCCO3)cc1. The molecule has 0 unspecified atom stereocenters. The Hall–Kier alpha value is -3.20. The van der Waals surface area contributed by atoms with E-state index in [1.54, 1.807) is 19.2 Å². The maximum absolute atomic E-state index is 12.4. The number of hydrazine groups is 1. The Labute approximate surface area is 168 Å². The summed E-state index contributed by atoms with van der Waals surface area (Å²) in [5, 5.41) is 3.30. The minimum absolute atomic E-state index is 0.286. The van der Waals surface area contributed by atoms with Gasteiger partial charge in [-0.2, -0.15) is 0 Å². The first-order chi connectivity index (χ1) is 13.6. The first kappa shape index (κ1) is 19.6. The van der Waals surface area contributed by atoms with Crippen LogP contribution in [0.25, 0.3) is 0 Å². The molecule has 1 heterocycles. The summed E-state index contributed by atoms with van der Waals surface area (Å²) < 4.78 is 21.5. The number of carbonyl (C=O) groups excluding carboxylic acids is 1. The van der Waals surface area contributed by atoms with Gasteiger partial charge in [-0.15, -0.1) is 0 Å². The molecule has 28 heavy (non-hydrogen) atoms. The molecule has 3 rings (SSSR count). The molecule has 1 aliphatic heterocycles. The molecule has 1 amide bonds. The number of methoxy groups -OCH3 is 2. The van der Waals surface area contributed by atoms with Crippen LogP contribution in [0.1, 0.15) is 15.9 Å². The summed E-state index contributed by atoms with van der Waals surface area (Å²) in [6.45, 7) is 1.35. The van der Waals surface area contributed by atoms with Gasteiger partial charge in [-0.05, 0) is 42.0 Å². The fourth-order valence-corrected chi connectivity index (χ4v) is 2.68. The third kappa shape index (κ3) is 4.74. The Morgan fingerprint density at radius 1 is 1.07 bits per heavy atom. The van der Waals surface area contributed by atoms with Crippen LogP contribution >= 0.6 is 12.2 Å². The summed E-state index contributed by atoms with van der Waals surface area (Å²) in [4.78, 5) is 12.4. The van der Waals surface area contributed by atoms with E-state index in [0.717, 1.165) is 11.3 Å². The second-order valence-corrected chi connectivity index (χ2v) is 6.22. The van der Waals surface area contributed by atoms with E-state index in [-0.39, 0.29) is 11.0 Å². The lowest BCUT2D eigenvalue weighted by Gasteiger charge is -2.21. The van der Waals surface area contributed by atoms with Gasteiger partial charge in [-0.1, -0.05) is 12.1 Å². The molecule has 1 aliphatic rings. The fraction of sp³-hybridized carbons (Fsp3) is 0.263. The first-order valence-electron chi connectivity index (χ1n) is 8.55. The van der Waals surface area contributed by atoms with Gasteiger partial charge in [-0.25, -0.2) is 0 Å². The predicted octanol–water partition coefficient (Wildman–Crippen LogP) is 1.78. The largest absolute Gasteiger partial charge is 0.497 e. The second kappa shape index (κ2) is 9.14. The van der Waals surface area contributed by atoms with Crippen molar-refractivity contribution in [3.05, 3.63) is 47.5 Å². The molecule has 2 aromatic rings. The molecule has 8 nitrogen and oxygen atoms in total. The summed E-state index contributed by atoms with van der Waals surface area (Å²) in [7, 11) is 3.12. The van der Waals surface area contributed by atoms with Crippen molar-refractivity contribution in [3.8, 4) is 23.0 Å². The second-order valence-electron chi connectivity index (χ2n) is 5.81. The molecule has 148 valence electrons. The van der Waals surface area contributed by atoms with Crippen molar-refractivity contribution in [2.24, 2.45) is 0 Å². The highest BCUT2D eigenvalue weighted by atomic mass is 32.1. The van der Waals surface area contributed by atoms with Crippen LogP contribution in [0.2, 0.25) is 0 Å². The number of hydrogen-bond donors (Lipinski definition) is 3. The van der Waals surface area contributed by atoms with E-state index in [2.05, 4.69) is 16.2 Å². The zero-order chi connectivity index (χ0) is 19.9. The van der Waals surface area contributed by atoms with Gasteiger partial charge in [0.15, 0.2) is 16.6 Å². The third-order valence-corrected chi connectivity index (χ3v) is 4.24. The molecule has 0 fully saturated rings. The molecular weight excluding hydrogens is 382 g/mol. The summed E-state index contributed by atoms with van der Waals surface area (Å²) in [6.07, 6.45) is 0. The molecule has 0 saturated carbocycles. The molecule has 2 aromatic carbocycles. The summed E-state index contributed by atoms with van der Waals surface area (Å²) in [6, 6.07) is 10.8. The lowest BCUT2D eigenvalue weighted by atomic mass is 10.1. The standard InChI is InChI=1S/C19H21N3O5S/c1-24-14-5-3-12(4-6-14)11-20-19(28)22-21-18(23)13-9-15(25-2)17-16(10-13)26-7-8-27-17/h3-6,9-10H,7-8,11H2,1-2H3,(H,21,23)(H2,20,22,28). The van der Waals surface area contributed by atoms with Crippen LogP contribution in [0.15, 0.2) is 36.4 Å². The summed E-state index contributed by atoms with van der Waals surface area (Å²) in [5.41, 5.74) is 6.60. The first-order valence-corrected chi connectivity index (χ1v) is 8.96. The predicted molar refractivity (Wildman–Crippen MR) is 107 cm³/mol. The van der Waals surface area contributed by atoms with Gasteiger partial charge in [0, 0.05) is 12.1 Å². The number of hydrogen-bond acceptors (Lipinski definition) is 6. The van der Waals surface area contributed by atoms with Crippen LogP contribution in [-0.4, -0.2) is 38.5 Å². The molecule has 3 N–H and O–H groups in total. The third-order valence-electron chi connectivity index (χ3n) is 3.99. The van der Waals surface area contributed by atoms with Gasteiger partial charge >= 0.3 is 0 Å². The van der Waals surface area contributed by atoms with Crippen LogP contribution in [0, 0.1) is 0 Å². The van der Waals surface area contributed by atoms with Crippen LogP contribution in [0.4, 0.5) is 0 Å². The van der Waals surface area contributed by atoms with Gasteiger partial charge in [0.05, 0.1) is 14.2 Å². The molecule has 0 atom stereocenters. The molecule has 9 heteroatoms. The average molecular weight is 403 g/mol. The number of benzene rings is 2. The fourth-order valence-electron chi connectivity index (χ4n) is 2.56. The Bertz CT molecular complexity index is 840. The number of fused-ring (bicyclic) bond motifs is 1. The normalized spacial score (nSPS) is 11.9. The van der Waals surface area contributed by atoms with Crippen molar-refractivity contribution in [1.82, 2.24) is 16.2 Å². The van der Waals surface area contributed by atoms with Gasteiger partial charge in [0.1, 0.15) is 19.0 Å². The van der Waals surface area contributed by atoms with Crippen LogP contribution in [0.5, 0.6) is 23.0 Å². The molecule has 0 radical (unpaired) electrons. The molecule has 0 spiro atoms. The van der Waals surface area contributed by atoms with Crippen molar-refractivity contribution < 1.29 is 23.7 Å². The number of nitrogens with one attached hydrogen (secondary N) is 3. The Morgan fingerprint density at radius 3 is 2.54 bits per heavy atom. The number of carbonyl (C=O) groups is 1. The molecule has 0 bridgehead atoms.